The first-order valence-corrected chi connectivity index (χ1v) is 8.27. The number of nitrogens with zero attached hydrogens (tertiary/aromatic N) is 1. The average Bonchev–Trinajstić information content (AvgIpc) is 2.66. The Labute approximate surface area is 127 Å². The van der Waals surface area contributed by atoms with Gasteiger partial charge in [-0.1, -0.05) is 36.4 Å². The van der Waals surface area contributed by atoms with Crippen molar-refractivity contribution in [2.75, 3.05) is 13.6 Å². The standard InChI is InChI=1S/C17H18N2OS/c1-18-12-17(20)19-21-15-8-4-2-6-13(15)10-11-14-7-3-5-9-16(14)21/h2-9,18H,10-12H2,1H3. The van der Waals surface area contributed by atoms with Crippen LogP contribution in [0.15, 0.2) is 62.7 Å². The molecule has 0 saturated heterocycles. The number of hydrogen-bond acceptors (Lipinski definition) is 2. The molecule has 2 aromatic rings. The van der Waals surface area contributed by atoms with Crippen LogP contribution in [0.3, 0.4) is 0 Å². The number of nitrogens with one attached hydrogen (secondary N) is 1. The zero-order chi connectivity index (χ0) is 14.7. The van der Waals surface area contributed by atoms with E-state index in [4.69, 9.17) is 0 Å². The van der Waals surface area contributed by atoms with E-state index >= 15 is 0 Å². The Hall–Kier alpha value is -1.78. The number of carbonyl (C=O) groups is 1. The first kappa shape index (κ1) is 14.2. The molecule has 1 N–H and O–H groups in total. The maximum absolute atomic E-state index is 12.0. The smallest absolute Gasteiger partial charge is 0.266 e. The molecule has 108 valence electrons. The second kappa shape index (κ2) is 6.33. The maximum Gasteiger partial charge on any atom is 0.266 e. The quantitative estimate of drug-likeness (QED) is 0.926. The molecule has 0 bridgehead atoms. The molecule has 1 amide bonds. The normalized spacial score (nSPS) is 14.0. The van der Waals surface area contributed by atoms with Crippen molar-refractivity contribution in [3.05, 3.63) is 59.7 Å². The van der Waals surface area contributed by atoms with Gasteiger partial charge in [-0.15, -0.1) is 0 Å². The fourth-order valence-electron chi connectivity index (χ4n) is 2.57. The Bertz CT molecular complexity index is 660. The summed E-state index contributed by atoms with van der Waals surface area (Å²) in [6.07, 6.45) is 2.01. The molecule has 21 heavy (non-hydrogen) atoms. The van der Waals surface area contributed by atoms with Gasteiger partial charge in [0.2, 0.25) is 0 Å². The van der Waals surface area contributed by atoms with Crippen LogP contribution >= 0.6 is 0 Å². The van der Waals surface area contributed by atoms with E-state index in [1.807, 2.05) is 12.1 Å². The molecule has 3 nitrogen and oxygen atoms in total. The van der Waals surface area contributed by atoms with E-state index in [9.17, 15) is 4.79 Å². The van der Waals surface area contributed by atoms with Gasteiger partial charge in [0.15, 0.2) is 0 Å². The molecule has 0 spiro atoms. The number of rotatable bonds is 2. The lowest BCUT2D eigenvalue weighted by Crippen LogP contribution is -2.17. The second-order valence-corrected chi connectivity index (χ2v) is 6.65. The van der Waals surface area contributed by atoms with Crippen LogP contribution in [0, 0.1) is 0 Å². The van der Waals surface area contributed by atoms with Gasteiger partial charge >= 0.3 is 0 Å². The van der Waals surface area contributed by atoms with E-state index in [-0.39, 0.29) is 12.5 Å². The fourth-order valence-corrected chi connectivity index (χ4v) is 4.52. The van der Waals surface area contributed by atoms with Gasteiger partial charge in [0.05, 0.1) is 6.54 Å². The topological polar surface area (TPSA) is 41.5 Å². The highest BCUT2D eigenvalue weighted by molar-refractivity contribution is 7.87. The number of aryl methyl sites for hydroxylation is 2. The first-order chi connectivity index (χ1) is 10.3. The van der Waals surface area contributed by atoms with Gasteiger partial charge in [-0.05, 0) is 53.8 Å². The summed E-state index contributed by atoms with van der Waals surface area (Å²) in [7, 11) is 1.26. The zero-order valence-corrected chi connectivity index (χ0v) is 12.8. The third kappa shape index (κ3) is 2.96. The molecule has 4 heteroatoms. The minimum absolute atomic E-state index is 0.0904. The van der Waals surface area contributed by atoms with Gasteiger partial charge in [-0.25, -0.2) is 0 Å². The van der Waals surface area contributed by atoms with E-state index in [0.717, 1.165) is 12.8 Å². The molecule has 0 atom stereocenters. The van der Waals surface area contributed by atoms with Crippen LogP contribution in [0.4, 0.5) is 0 Å². The largest absolute Gasteiger partial charge is 0.311 e. The van der Waals surface area contributed by atoms with Gasteiger partial charge in [0, 0.05) is 9.79 Å². The van der Waals surface area contributed by atoms with Crippen molar-refractivity contribution < 1.29 is 4.79 Å². The molecule has 0 aliphatic carbocycles. The summed E-state index contributed by atoms with van der Waals surface area (Å²) in [4.78, 5) is 14.4. The lowest BCUT2D eigenvalue weighted by molar-refractivity contribution is -0.116. The van der Waals surface area contributed by atoms with Crippen molar-refractivity contribution in [3.8, 4) is 0 Å². The van der Waals surface area contributed by atoms with Crippen molar-refractivity contribution in [1.29, 1.82) is 0 Å². The van der Waals surface area contributed by atoms with E-state index in [1.54, 1.807) is 7.05 Å². The van der Waals surface area contributed by atoms with Crippen molar-refractivity contribution in [3.63, 3.8) is 0 Å². The molecule has 2 aromatic carbocycles. The van der Waals surface area contributed by atoms with Crippen LogP contribution in [0.25, 0.3) is 0 Å². The number of amides is 1. The summed E-state index contributed by atoms with van der Waals surface area (Å²) >= 11 is 0. The van der Waals surface area contributed by atoms with E-state index in [0.29, 0.717) is 0 Å². The number of fused-ring (bicyclic) bond motifs is 2. The SMILES string of the molecule is CNCC(=O)N=S1c2ccccc2CCc2ccccc21. The van der Waals surface area contributed by atoms with E-state index in [1.165, 1.54) is 20.9 Å². The van der Waals surface area contributed by atoms with Crippen LogP contribution < -0.4 is 5.32 Å². The molecule has 3 rings (SSSR count). The molecule has 0 aromatic heterocycles. The van der Waals surface area contributed by atoms with Gasteiger partial charge in [-0.2, -0.15) is 4.36 Å². The van der Waals surface area contributed by atoms with Gasteiger partial charge in [-0.3, -0.25) is 4.79 Å². The molecule has 0 unspecified atom stereocenters. The molecule has 0 radical (unpaired) electrons. The Balaban J connectivity index is 2.18. The molecular formula is C17H18N2OS. The first-order valence-electron chi connectivity index (χ1n) is 7.09. The molecule has 0 saturated carbocycles. The van der Waals surface area contributed by atoms with Crippen molar-refractivity contribution in [2.24, 2.45) is 4.36 Å². The zero-order valence-electron chi connectivity index (χ0n) is 12.0. The van der Waals surface area contributed by atoms with Gasteiger partial charge < -0.3 is 5.32 Å². The lowest BCUT2D eigenvalue weighted by atomic mass is 10.0. The van der Waals surface area contributed by atoms with Crippen molar-refractivity contribution in [1.82, 2.24) is 5.32 Å². The summed E-state index contributed by atoms with van der Waals surface area (Å²) in [6.45, 7) is 0.286. The molecule has 1 heterocycles. The molecular weight excluding hydrogens is 280 g/mol. The minimum Gasteiger partial charge on any atom is -0.311 e. The van der Waals surface area contributed by atoms with E-state index < -0.39 is 10.7 Å². The summed E-state index contributed by atoms with van der Waals surface area (Å²) < 4.78 is 4.49. The Morgan fingerprint density at radius 1 is 1.05 bits per heavy atom. The Morgan fingerprint density at radius 2 is 1.57 bits per heavy atom. The highest BCUT2D eigenvalue weighted by Gasteiger charge is 2.18. The van der Waals surface area contributed by atoms with Crippen LogP contribution in [0.5, 0.6) is 0 Å². The summed E-state index contributed by atoms with van der Waals surface area (Å²) in [5.74, 6) is -0.0904. The van der Waals surface area contributed by atoms with Gasteiger partial charge in [0.25, 0.3) is 5.91 Å². The number of hydrogen-bond donors (Lipinski definition) is 1. The predicted molar refractivity (Wildman–Crippen MR) is 85.6 cm³/mol. The van der Waals surface area contributed by atoms with Crippen LogP contribution in [0.2, 0.25) is 0 Å². The Morgan fingerprint density at radius 3 is 2.10 bits per heavy atom. The van der Waals surface area contributed by atoms with Crippen molar-refractivity contribution in [2.45, 2.75) is 22.6 Å². The maximum atomic E-state index is 12.0. The molecule has 1 aliphatic rings. The highest BCUT2D eigenvalue weighted by atomic mass is 32.2. The predicted octanol–water partition coefficient (Wildman–Crippen LogP) is 2.75. The van der Waals surface area contributed by atoms with Gasteiger partial charge in [0.1, 0.15) is 0 Å². The fraction of sp³-hybridized carbons (Fsp3) is 0.235. The van der Waals surface area contributed by atoms with Crippen molar-refractivity contribution >= 4 is 16.6 Å². The minimum atomic E-state index is -0.508. The molecule has 1 aliphatic heterocycles. The number of benzene rings is 2. The third-order valence-corrected chi connectivity index (χ3v) is 5.56. The van der Waals surface area contributed by atoms with E-state index in [2.05, 4.69) is 46.1 Å². The molecule has 0 fully saturated rings. The monoisotopic (exact) mass is 298 g/mol. The third-order valence-electron chi connectivity index (χ3n) is 3.55. The summed E-state index contributed by atoms with van der Waals surface area (Å²) in [5.41, 5.74) is 2.61. The summed E-state index contributed by atoms with van der Waals surface area (Å²) in [5, 5.41) is 2.88. The Kier molecular flexibility index (Phi) is 4.27. The summed E-state index contributed by atoms with van der Waals surface area (Å²) in [6, 6.07) is 16.7. The average molecular weight is 298 g/mol. The lowest BCUT2D eigenvalue weighted by Gasteiger charge is -2.11. The van der Waals surface area contributed by atoms with Crippen LogP contribution in [0.1, 0.15) is 11.1 Å². The van der Waals surface area contributed by atoms with Crippen LogP contribution in [-0.2, 0) is 28.3 Å². The second-order valence-electron chi connectivity index (χ2n) is 5.02. The number of likely N-dealkylation sites (N-methyl/N-ethyl adjacent to an activating group) is 1. The highest BCUT2D eigenvalue weighted by Crippen LogP contribution is 2.30. The van der Waals surface area contributed by atoms with Crippen LogP contribution in [-0.4, -0.2) is 19.5 Å². The number of carbonyl (C=O) groups excluding carboxylic acids is 1.